The standard InChI is InChI=1S/C21H27N5O2/c1-16-18(14-23(2)22-16)15-25-11-9-21(10-12-25)19(27)26(20(28)24(21)3)13-17-7-5-4-6-8-17/h4-8,14H,9-13,15H2,1-3H3. The largest absolute Gasteiger partial charge is 0.327 e. The Morgan fingerprint density at radius 2 is 1.71 bits per heavy atom. The first kappa shape index (κ1) is 18.7. The molecular formula is C21H27N5O2. The fraction of sp³-hybridized carbons (Fsp3) is 0.476. The van der Waals surface area contributed by atoms with E-state index in [1.807, 2.05) is 49.0 Å². The Morgan fingerprint density at radius 3 is 2.32 bits per heavy atom. The van der Waals surface area contributed by atoms with Crippen LogP contribution in [0.25, 0.3) is 0 Å². The summed E-state index contributed by atoms with van der Waals surface area (Å²) in [5.41, 5.74) is 2.53. The van der Waals surface area contributed by atoms with Crippen molar-refractivity contribution >= 4 is 11.9 Å². The molecule has 148 valence electrons. The summed E-state index contributed by atoms with van der Waals surface area (Å²) in [7, 11) is 3.70. The minimum absolute atomic E-state index is 0.0546. The SMILES string of the molecule is Cc1nn(C)cc1CN1CCC2(CC1)C(=O)N(Cc1ccccc1)C(=O)N2C. The molecule has 2 fully saturated rings. The average Bonchev–Trinajstić information content (AvgIpc) is 3.09. The number of rotatable bonds is 4. The number of likely N-dealkylation sites (N-methyl/N-ethyl adjacent to an activating group) is 1. The molecule has 2 aromatic rings. The predicted octanol–water partition coefficient (Wildman–Crippen LogP) is 2.16. The molecule has 2 aliphatic rings. The second-order valence-electron chi connectivity index (χ2n) is 7.94. The van der Waals surface area contributed by atoms with Gasteiger partial charge in [0, 0.05) is 45.5 Å². The number of aryl methyl sites for hydroxylation is 2. The number of imide groups is 1. The number of likely N-dealkylation sites (tertiary alicyclic amines) is 1. The third kappa shape index (κ3) is 3.09. The van der Waals surface area contributed by atoms with Crippen LogP contribution in [-0.2, 0) is 24.9 Å². The van der Waals surface area contributed by atoms with E-state index in [-0.39, 0.29) is 11.9 Å². The lowest BCUT2D eigenvalue weighted by Gasteiger charge is -2.40. The van der Waals surface area contributed by atoms with Gasteiger partial charge >= 0.3 is 6.03 Å². The number of aromatic nitrogens is 2. The van der Waals surface area contributed by atoms with E-state index in [4.69, 9.17) is 0 Å². The Kier molecular flexibility index (Phi) is 4.71. The molecule has 7 nitrogen and oxygen atoms in total. The van der Waals surface area contributed by atoms with Gasteiger partial charge in [0.15, 0.2) is 0 Å². The molecule has 1 spiro atoms. The summed E-state index contributed by atoms with van der Waals surface area (Å²) < 4.78 is 1.84. The average molecular weight is 381 g/mol. The van der Waals surface area contributed by atoms with Gasteiger partial charge in [0.05, 0.1) is 12.2 Å². The fourth-order valence-electron chi connectivity index (χ4n) is 4.43. The number of piperidine rings is 1. The monoisotopic (exact) mass is 381 g/mol. The summed E-state index contributed by atoms with van der Waals surface area (Å²) in [6.07, 6.45) is 3.38. The van der Waals surface area contributed by atoms with Crippen LogP contribution in [0, 0.1) is 6.92 Å². The summed E-state index contributed by atoms with van der Waals surface area (Å²) >= 11 is 0. The lowest BCUT2D eigenvalue weighted by molar-refractivity contribution is -0.135. The minimum Gasteiger partial charge on any atom is -0.312 e. The molecule has 0 atom stereocenters. The molecule has 0 radical (unpaired) electrons. The van der Waals surface area contributed by atoms with E-state index in [9.17, 15) is 9.59 Å². The third-order valence-electron chi connectivity index (χ3n) is 6.18. The molecule has 0 aliphatic carbocycles. The Morgan fingerprint density at radius 1 is 1.04 bits per heavy atom. The zero-order chi connectivity index (χ0) is 19.9. The maximum absolute atomic E-state index is 13.3. The van der Waals surface area contributed by atoms with Crippen molar-refractivity contribution in [2.75, 3.05) is 20.1 Å². The molecule has 0 bridgehead atoms. The van der Waals surface area contributed by atoms with Gasteiger partial charge in [-0.2, -0.15) is 5.10 Å². The van der Waals surface area contributed by atoms with Crippen LogP contribution in [0.15, 0.2) is 36.5 Å². The molecule has 0 N–H and O–H groups in total. The number of amides is 3. The molecule has 0 saturated carbocycles. The van der Waals surface area contributed by atoms with Crippen LogP contribution in [0.3, 0.4) is 0 Å². The van der Waals surface area contributed by atoms with Crippen LogP contribution in [0.1, 0.15) is 29.7 Å². The second-order valence-corrected chi connectivity index (χ2v) is 7.94. The maximum atomic E-state index is 13.3. The summed E-state index contributed by atoms with van der Waals surface area (Å²) in [5, 5.41) is 4.41. The van der Waals surface area contributed by atoms with Crippen molar-refractivity contribution in [2.45, 2.75) is 38.4 Å². The molecule has 7 heteroatoms. The van der Waals surface area contributed by atoms with Crippen molar-refractivity contribution in [3.63, 3.8) is 0 Å². The number of hydrogen-bond acceptors (Lipinski definition) is 4. The van der Waals surface area contributed by atoms with E-state index >= 15 is 0 Å². The zero-order valence-electron chi connectivity index (χ0n) is 16.8. The van der Waals surface area contributed by atoms with Crippen molar-refractivity contribution in [3.8, 4) is 0 Å². The van der Waals surface area contributed by atoms with Crippen molar-refractivity contribution < 1.29 is 9.59 Å². The molecule has 4 rings (SSSR count). The zero-order valence-corrected chi connectivity index (χ0v) is 16.8. The first-order valence-electron chi connectivity index (χ1n) is 9.76. The van der Waals surface area contributed by atoms with Gasteiger partial charge in [0.1, 0.15) is 5.54 Å². The number of nitrogens with zero attached hydrogens (tertiary/aromatic N) is 5. The fourth-order valence-corrected chi connectivity index (χ4v) is 4.43. The molecular weight excluding hydrogens is 354 g/mol. The Balaban J connectivity index is 1.46. The topological polar surface area (TPSA) is 61.7 Å². The highest BCUT2D eigenvalue weighted by atomic mass is 16.2. The van der Waals surface area contributed by atoms with Crippen molar-refractivity contribution in [1.29, 1.82) is 0 Å². The van der Waals surface area contributed by atoms with Crippen molar-refractivity contribution in [2.24, 2.45) is 7.05 Å². The summed E-state index contributed by atoms with van der Waals surface area (Å²) in [4.78, 5) is 31.5. The van der Waals surface area contributed by atoms with Gasteiger partial charge in [-0.1, -0.05) is 30.3 Å². The van der Waals surface area contributed by atoms with Crippen LogP contribution in [0.5, 0.6) is 0 Å². The van der Waals surface area contributed by atoms with Crippen molar-refractivity contribution in [3.05, 3.63) is 53.3 Å². The second kappa shape index (κ2) is 7.05. The molecule has 1 aromatic heterocycles. The molecule has 3 heterocycles. The lowest BCUT2D eigenvalue weighted by atomic mass is 9.86. The van der Waals surface area contributed by atoms with Gasteiger partial charge in [-0.3, -0.25) is 19.3 Å². The van der Waals surface area contributed by atoms with Gasteiger partial charge in [-0.05, 0) is 25.3 Å². The van der Waals surface area contributed by atoms with E-state index in [0.29, 0.717) is 19.4 Å². The summed E-state index contributed by atoms with van der Waals surface area (Å²) in [6, 6.07) is 9.50. The normalized spacial score (nSPS) is 19.8. The molecule has 1 aromatic carbocycles. The maximum Gasteiger partial charge on any atom is 0.327 e. The number of carbonyl (C=O) groups excluding carboxylic acids is 2. The van der Waals surface area contributed by atoms with E-state index in [1.54, 1.807) is 11.9 Å². The predicted molar refractivity (Wildman–Crippen MR) is 105 cm³/mol. The van der Waals surface area contributed by atoms with Gasteiger partial charge in [-0.15, -0.1) is 0 Å². The number of carbonyl (C=O) groups is 2. The summed E-state index contributed by atoms with van der Waals surface area (Å²) in [6.45, 7) is 4.77. The van der Waals surface area contributed by atoms with E-state index in [0.717, 1.165) is 30.9 Å². The summed E-state index contributed by atoms with van der Waals surface area (Å²) in [5.74, 6) is -0.0546. The first-order chi connectivity index (χ1) is 13.4. The van der Waals surface area contributed by atoms with Crippen LogP contribution < -0.4 is 0 Å². The van der Waals surface area contributed by atoms with E-state index in [1.165, 1.54) is 10.5 Å². The molecule has 2 aliphatic heterocycles. The van der Waals surface area contributed by atoms with Gasteiger partial charge < -0.3 is 4.90 Å². The highest BCUT2D eigenvalue weighted by Gasteiger charge is 2.56. The quantitative estimate of drug-likeness (QED) is 0.762. The molecule has 28 heavy (non-hydrogen) atoms. The Bertz CT molecular complexity index is 883. The van der Waals surface area contributed by atoms with Gasteiger partial charge in [0.2, 0.25) is 0 Å². The van der Waals surface area contributed by atoms with Crippen LogP contribution in [0.2, 0.25) is 0 Å². The van der Waals surface area contributed by atoms with E-state index in [2.05, 4.69) is 16.2 Å². The van der Waals surface area contributed by atoms with Crippen LogP contribution in [0.4, 0.5) is 4.79 Å². The lowest BCUT2D eigenvalue weighted by Crippen LogP contribution is -2.55. The number of hydrogen-bond donors (Lipinski definition) is 0. The van der Waals surface area contributed by atoms with Crippen LogP contribution >= 0.6 is 0 Å². The van der Waals surface area contributed by atoms with Gasteiger partial charge in [-0.25, -0.2) is 4.79 Å². The molecule has 0 unspecified atom stereocenters. The third-order valence-corrected chi connectivity index (χ3v) is 6.18. The van der Waals surface area contributed by atoms with Crippen LogP contribution in [-0.4, -0.2) is 62.1 Å². The smallest absolute Gasteiger partial charge is 0.312 e. The highest BCUT2D eigenvalue weighted by molar-refractivity contribution is 6.06. The molecule has 2 saturated heterocycles. The highest BCUT2D eigenvalue weighted by Crippen LogP contribution is 2.37. The van der Waals surface area contributed by atoms with Crippen molar-refractivity contribution in [1.82, 2.24) is 24.5 Å². The Labute approximate surface area is 165 Å². The molecule has 3 amide bonds. The van der Waals surface area contributed by atoms with E-state index < -0.39 is 5.54 Å². The number of benzene rings is 1. The first-order valence-corrected chi connectivity index (χ1v) is 9.76. The minimum atomic E-state index is -0.702. The Hall–Kier alpha value is -2.67. The van der Waals surface area contributed by atoms with Gasteiger partial charge in [0.25, 0.3) is 5.91 Å². The number of urea groups is 1.